The monoisotopic (exact) mass is 493 g/mol. The van der Waals surface area contributed by atoms with Gasteiger partial charge in [-0.2, -0.15) is 0 Å². The highest BCUT2D eigenvalue weighted by Crippen LogP contribution is 2.37. The summed E-state index contributed by atoms with van der Waals surface area (Å²) in [5, 5.41) is 3.86. The predicted molar refractivity (Wildman–Crippen MR) is 140 cm³/mol. The maximum Gasteiger partial charge on any atom is 0.225 e. The fourth-order valence-corrected chi connectivity index (χ4v) is 4.67. The number of aryl methyl sites for hydroxylation is 2. The van der Waals surface area contributed by atoms with Crippen LogP contribution in [0.15, 0.2) is 36.5 Å². The Morgan fingerprint density at radius 2 is 1.91 bits per heavy atom. The zero-order chi connectivity index (χ0) is 24.9. The van der Waals surface area contributed by atoms with E-state index in [1.165, 1.54) is 0 Å². The Morgan fingerprint density at radius 3 is 2.63 bits per heavy atom. The number of piperidine rings is 1. The van der Waals surface area contributed by atoms with Gasteiger partial charge >= 0.3 is 0 Å². The Hall–Kier alpha value is -3.26. The average molecular weight is 494 g/mol. The Balaban J connectivity index is 1.58. The van der Waals surface area contributed by atoms with Gasteiger partial charge in [0.05, 0.1) is 11.7 Å². The number of likely N-dealkylation sites (tertiary alicyclic amines) is 1. The maximum atomic E-state index is 13.4. The summed E-state index contributed by atoms with van der Waals surface area (Å²) in [7, 11) is 3.84. The molecule has 0 aliphatic carbocycles. The van der Waals surface area contributed by atoms with Crippen LogP contribution in [-0.4, -0.2) is 57.9 Å². The number of benzene rings is 1. The van der Waals surface area contributed by atoms with Crippen LogP contribution in [0.25, 0.3) is 11.1 Å². The Kier molecular flexibility index (Phi) is 7.80. The molecule has 0 radical (unpaired) electrons. The number of hydrogen-bond acceptors (Lipinski definition) is 7. The van der Waals surface area contributed by atoms with Gasteiger partial charge in [0.1, 0.15) is 0 Å². The smallest absolute Gasteiger partial charge is 0.225 e. The number of anilines is 2. The summed E-state index contributed by atoms with van der Waals surface area (Å²) in [4.78, 5) is 35.5. The first kappa shape index (κ1) is 24.9. The van der Waals surface area contributed by atoms with Crippen LogP contribution in [0, 0.1) is 13.8 Å². The zero-order valence-corrected chi connectivity index (χ0v) is 21.5. The minimum atomic E-state index is -0.121. The summed E-state index contributed by atoms with van der Waals surface area (Å²) in [6.07, 6.45) is 5.08. The zero-order valence-electron chi connectivity index (χ0n) is 20.8. The van der Waals surface area contributed by atoms with Crippen LogP contribution in [0.4, 0.5) is 11.9 Å². The second-order valence-corrected chi connectivity index (χ2v) is 9.56. The number of carbonyl (C=O) groups is 1. The molecule has 4 rings (SSSR count). The third kappa shape index (κ3) is 6.06. The van der Waals surface area contributed by atoms with Crippen LogP contribution in [0.2, 0.25) is 5.02 Å². The Labute approximate surface area is 211 Å². The van der Waals surface area contributed by atoms with Crippen LogP contribution >= 0.6 is 11.6 Å². The molecule has 1 aromatic carbocycles. The lowest BCUT2D eigenvalue weighted by Gasteiger charge is -2.36. The van der Waals surface area contributed by atoms with Crippen LogP contribution in [-0.2, 0) is 4.79 Å². The van der Waals surface area contributed by atoms with Crippen LogP contribution < -0.4 is 10.2 Å². The van der Waals surface area contributed by atoms with Gasteiger partial charge in [0.2, 0.25) is 17.8 Å². The van der Waals surface area contributed by atoms with E-state index in [4.69, 9.17) is 16.6 Å². The van der Waals surface area contributed by atoms with Crippen molar-refractivity contribution in [2.45, 2.75) is 45.6 Å². The van der Waals surface area contributed by atoms with E-state index in [1.54, 1.807) is 0 Å². The highest BCUT2D eigenvalue weighted by molar-refractivity contribution is 6.30. The summed E-state index contributed by atoms with van der Waals surface area (Å²) in [6, 6.07) is 9.50. The molecule has 1 N–H and O–H groups in total. The van der Waals surface area contributed by atoms with Crippen molar-refractivity contribution in [2.24, 2.45) is 0 Å². The molecule has 35 heavy (non-hydrogen) atoms. The summed E-state index contributed by atoms with van der Waals surface area (Å²) in [6.45, 7) is 5.05. The topological polar surface area (TPSA) is 87.1 Å². The third-order valence-electron chi connectivity index (χ3n) is 6.08. The van der Waals surface area contributed by atoms with Gasteiger partial charge in [0, 0.05) is 61.8 Å². The predicted octanol–water partition coefficient (Wildman–Crippen LogP) is 4.83. The second kappa shape index (κ2) is 11.0. The van der Waals surface area contributed by atoms with Crippen LogP contribution in [0.5, 0.6) is 0 Å². The van der Waals surface area contributed by atoms with Gasteiger partial charge in [-0.1, -0.05) is 23.7 Å². The van der Waals surface area contributed by atoms with Gasteiger partial charge in [0.25, 0.3) is 0 Å². The largest absolute Gasteiger partial charge is 0.354 e. The molecule has 1 aliphatic heterocycles. The number of halogens is 1. The molecule has 0 saturated carbocycles. The van der Waals surface area contributed by atoms with Crippen molar-refractivity contribution < 1.29 is 4.79 Å². The lowest BCUT2D eigenvalue weighted by atomic mass is 9.93. The Morgan fingerprint density at radius 1 is 1.14 bits per heavy atom. The molecule has 0 unspecified atom stereocenters. The summed E-state index contributed by atoms with van der Waals surface area (Å²) in [5.41, 5.74) is 4.52. The van der Waals surface area contributed by atoms with E-state index in [2.05, 4.69) is 20.3 Å². The molecule has 0 bridgehead atoms. The van der Waals surface area contributed by atoms with E-state index in [-0.39, 0.29) is 11.9 Å². The maximum absolute atomic E-state index is 13.4. The molecule has 9 heteroatoms. The van der Waals surface area contributed by atoms with E-state index in [9.17, 15) is 4.79 Å². The van der Waals surface area contributed by atoms with Gasteiger partial charge in [0.15, 0.2) is 0 Å². The number of nitrogens with one attached hydrogen (secondary N) is 1. The first-order valence-corrected chi connectivity index (χ1v) is 12.4. The number of aromatic nitrogens is 4. The number of amides is 1. The van der Waals surface area contributed by atoms with Crippen LogP contribution in [0.1, 0.15) is 48.8 Å². The van der Waals surface area contributed by atoms with E-state index in [0.29, 0.717) is 36.4 Å². The molecule has 2 aromatic heterocycles. The minimum Gasteiger partial charge on any atom is -0.354 e. The van der Waals surface area contributed by atoms with E-state index >= 15 is 0 Å². The lowest BCUT2D eigenvalue weighted by molar-refractivity contribution is -0.134. The van der Waals surface area contributed by atoms with Gasteiger partial charge < -0.3 is 15.1 Å². The molecule has 3 aromatic rings. The van der Waals surface area contributed by atoms with Gasteiger partial charge in [-0.15, -0.1) is 0 Å². The summed E-state index contributed by atoms with van der Waals surface area (Å²) < 4.78 is 0. The standard InChI is InChI=1S/C26H32ClN7O/c1-17-14-18(2)31-25(30-17)28-12-11-23(35)34-13-6-5-10-22(34)24-21(16-29-26(32-24)33(3)4)19-8-7-9-20(27)15-19/h7-9,14-16,22H,5-6,10-13H2,1-4H3,(H,28,30,31)/t22-/m0/s1. The number of rotatable bonds is 7. The molecule has 3 heterocycles. The SMILES string of the molecule is Cc1cc(C)nc(NCCC(=O)N2CCCC[C@H]2c2nc(N(C)C)ncc2-c2cccc(Cl)c2)n1. The van der Waals surface area contributed by atoms with E-state index in [1.807, 2.05) is 74.3 Å². The molecule has 1 aliphatic rings. The van der Waals surface area contributed by atoms with Crippen molar-refractivity contribution in [1.82, 2.24) is 24.8 Å². The first-order valence-electron chi connectivity index (χ1n) is 12.0. The molecule has 1 atom stereocenters. The van der Waals surface area contributed by atoms with Crippen molar-refractivity contribution in [3.05, 3.63) is 58.6 Å². The van der Waals surface area contributed by atoms with Crippen molar-refractivity contribution in [2.75, 3.05) is 37.4 Å². The van der Waals surface area contributed by atoms with Crippen LogP contribution in [0.3, 0.4) is 0 Å². The van der Waals surface area contributed by atoms with Gasteiger partial charge in [-0.3, -0.25) is 4.79 Å². The molecular formula is C26H32ClN7O. The molecule has 1 amide bonds. The van der Waals surface area contributed by atoms with Gasteiger partial charge in [-0.05, 0) is 56.9 Å². The molecular weight excluding hydrogens is 462 g/mol. The highest BCUT2D eigenvalue weighted by Gasteiger charge is 2.31. The Bertz CT molecular complexity index is 1180. The summed E-state index contributed by atoms with van der Waals surface area (Å²) in [5.74, 6) is 1.27. The normalized spacial score (nSPS) is 15.7. The highest BCUT2D eigenvalue weighted by atomic mass is 35.5. The third-order valence-corrected chi connectivity index (χ3v) is 6.32. The summed E-state index contributed by atoms with van der Waals surface area (Å²) >= 11 is 6.29. The van der Waals surface area contributed by atoms with Crippen molar-refractivity contribution in [1.29, 1.82) is 0 Å². The van der Waals surface area contributed by atoms with Gasteiger partial charge in [-0.25, -0.2) is 19.9 Å². The van der Waals surface area contributed by atoms with Crippen molar-refractivity contribution in [3.63, 3.8) is 0 Å². The van der Waals surface area contributed by atoms with E-state index < -0.39 is 0 Å². The molecule has 0 spiro atoms. The minimum absolute atomic E-state index is 0.0913. The molecule has 1 fully saturated rings. The van der Waals surface area contributed by atoms with Crippen molar-refractivity contribution >= 4 is 29.4 Å². The van der Waals surface area contributed by atoms with Crippen molar-refractivity contribution in [3.8, 4) is 11.1 Å². The molecule has 8 nitrogen and oxygen atoms in total. The second-order valence-electron chi connectivity index (χ2n) is 9.12. The fraction of sp³-hybridized carbons (Fsp3) is 0.423. The number of hydrogen-bond donors (Lipinski definition) is 1. The molecule has 1 saturated heterocycles. The molecule has 184 valence electrons. The number of nitrogens with zero attached hydrogens (tertiary/aromatic N) is 6. The first-order chi connectivity index (χ1) is 16.8. The van der Waals surface area contributed by atoms with E-state index in [0.717, 1.165) is 47.5 Å². The lowest BCUT2D eigenvalue weighted by Crippen LogP contribution is -2.40. The number of carbonyl (C=O) groups excluding carboxylic acids is 1. The average Bonchev–Trinajstić information content (AvgIpc) is 2.83. The fourth-order valence-electron chi connectivity index (χ4n) is 4.48. The quantitative estimate of drug-likeness (QED) is 0.504.